The van der Waals surface area contributed by atoms with Gasteiger partial charge in [-0.25, -0.2) is 14.1 Å². The van der Waals surface area contributed by atoms with Gasteiger partial charge in [-0.15, -0.1) is 5.10 Å². The molecule has 1 amide bonds. The van der Waals surface area contributed by atoms with E-state index in [1.54, 1.807) is 6.92 Å². The minimum Gasteiger partial charge on any atom is -0.481 e. The lowest BCUT2D eigenvalue weighted by Gasteiger charge is -2.02. The van der Waals surface area contributed by atoms with Gasteiger partial charge in [0, 0.05) is 6.54 Å². The minimum atomic E-state index is -1.00. The van der Waals surface area contributed by atoms with E-state index in [0.29, 0.717) is 11.5 Å². The molecule has 1 aromatic heterocycles. The first-order valence-electron chi connectivity index (χ1n) is 6.17. The molecule has 2 rings (SSSR count). The lowest BCUT2D eigenvalue weighted by molar-refractivity contribution is -0.136. The van der Waals surface area contributed by atoms with Crippen molar-refractivity contribution in [1.29, 1.82) is 0 Å². The van der Waals surface area contributed by atoms with Crippen LogP contribution in [0.2, 0.25) is 0 Å². The zero-order valence-electron chi connectivity index (χ0n) is 11.2. The molecule has 0 saturated carbocycles. The van der Waals surface area contributed by atoms with Crippen LogP contribution in [-0.2, 0) is 4.79 Å². The highest BCUT2D eigenvalue weighted by molar-refractivity contribution is 5.90. The smallest absolute Gasteiger partial charge is 0.305 e. The minimum absolute atomic E-state index is 0.00168. The molecule has 2 N–H and O–H groups in total. The number of nitrogens with one attached hydrogen (secondary N) is 1. The number of carbonyl (C=O) groups is 2. The Kier molecular flexibility index (Phi) is 4.27. The van der Waals surface area contributed by atoms with Crippen LogP contribution in [0.1, 0.15) is 22.9 Å². The summed E-state index contributed by atoms with van der Waals surface area (Å²) < 4.78 is 14.3. The number of aliphatic carboxylic acids is 1. The Morgan fingerprint density at radius 2 is 2.00 bits per heavy atom. The number of hydrogen-bond donors (Lipinski definition) is 2. The van der Waals surface area contributed by atoms with Crippen LogP contribution in [0.4, 0.5) is 4.39 Å². The van der Waals surface area contributed by atoms with Gasteiger partial charge in [-0.1, -0.05) is 0 Å². The molecule has 0 bridgehead atoms. The number of carbonyl (C=O) groups excluding carboxylic acids is 1. The van der Waals surface area contributed by atoms with Gasteiger partial charge in [-0.2, -0.15) is 0 Å². The van der Waals surface area contributed by atoms with Gasteiger partial charge in [-0.3, -0.25) is 9.59 Å². The molecule has 7 nitrogen and oxygen atoms in total. The number of amides is 1. The molecular weight excluding hydrogens is 279 g/mol. The predicted octanol–water partition coefficient (Wildman–Crippen LogP) is 0.919. The molecule has 110 valence electrons. The van der Waals surface area contributed by atoms with Gasteiger partial charge in [0.25, 0.3) is 5.91 Å². The molecule has 0 saturated heterocycles. The summed E-state index contributed by atoms with van der Waals surface area (Å²) in [5.74, 6) is -1.54. The van der Waals surface area contributed by atoms with Crippen molar-refractivity contribution in [2.45, 2.75) is 13.3 Å². The molecular formula is C13H13FN4O3. The normalized spacial score (nSPS) is 10.4. The molecule has 1 heterocycles. The summed E-state index contributed by atoms with van der Waals surface area (Å²) in [6.45, 7) is 1.66. The summed E-state index contributed by atoms with van der Waals surface area (Å²) in [6, 6.07) is 5.60. The van der Waals surface area contributed by atoms with Gasteiger partial charge in [0.2, 0.25) is 5.82 Å². The van der Waals surface area contributed by atoms with E-state index in [-0.39, 0.29) is 24.6 Å². The first kappa shape index (κ1) is 14.6. The van der Waals surface area contributed by atoms with Crippen molar-refractivity contribution in [3.63, 3.8) is 0 Å². The number of halogens is 1. The van der Waals surface area contributed by atoms with E-state index in [1.165, 1.54) is 28.9 Å². The molecule has 0 atom stereocenters. The Bertz CT molecular complexity index is 667. The molecule has 0 aliphatic rings. The third kappa shape index (κ3) is 3.62. The molecule has 0 radical (unpaired) electrons. The summed E-state index contributed by atoms with van der Waals surface area (Å²) in [7, 11) is 0. The molecule has 0 unspecified atom stereocenters. The van der Waals surface area contributed by atoms with E-state index >= 15 is 0 Å². The van der Waals surface area contributed by atoms with Crippen molar-refractivity contribution in [2.24, 2.45) is 0 Å². The number of aryl methyl sites for hydroxylation is 1. The standard InChI is InChI=1S/C13H13FN4O3/c1-8-16-12(13(21)15-7-6-11(19)20)17-18(8)10-4-2-9(14)3-5-10/h2-5H,6-7H2,1H3,(H,15,21)(H,19,20). The maximum atomic E-state index is 12.9. The van der Waals surface area contributed by atoms with E-state index < -0.39 is 11.9 Å². The zero-order chi connectivity index (χ0) is 15.4. The Hall–Kier alpha value is -2.77. The Labute approximate surface area is 119 Å². The number of nitrogens with zero attached hydrogens (tertiary/aromatic N) is 3. The molecule has 0 fully saturated rings. The van der Waals surface area contributed by atoms with Crippen molar-refractivity contribution in [1.82, 2.24) is 20.1 Å². The van der Waals surface area contributed by atoms with Crippen molar-refractivity contribution in [2.75, 3.05) is 6.54 Å². The molecule has 8 heteroatoms. The zero-order valence-corrected chi connectivity index (χ0v) is 11.2. The van der Waals surface area contributed by atoms with Crippen LogP contribution in [0.5, 0.6) is 0 Å². The third-order valence-corrected chi connectivity index (χ3v) is 2.67. The fourth-order valence-corrected chi connectivity index (χ4v) is 1.68. The van der Waals surface area contributed by atoms with Gasteiger partial charge in [0.05, 0.1) is 12.1 Å². The van der Waals surface area contributed by atoms with Gasteiger partial charge >= 0.3 is 5.97 Å². The summed E-state index contributed by atoms with van der Waals surface area (Å²) in [6.07, 6.45) is -0.177. The second-order valence-corrected chi connectivity index (χ2v) is 4.27. The van der Waals surface area contributed by atoms with Crippen LogP contribution in [0.3, 0.4) is 0 Å². The lowest BCUT2D eigenvalue weighted by atomic mass is 10.3. The van der Waals surface area contributed by atoms with Crippen LogP contribution in [0.15, 0.2) is 24.3 Å². The highest BCUT2D eigenvalue weighted by atomic mass is 19.1. The van der Waals surface area contributed by atoms with E-state index in [9.17, 15) is 14.0 Å². The molecule has 2 aromatic rings. The largest absolute Gasteiger partial charge is 0.481 e. The van der Waals surface area contributed by atoms with Crippen molar-refractivity contribution in [3.8, 4) is 5.69 Å². The first-order valence-corrected chi connectivity index (χ1v) is 6.17. The van der Waals surface area contributed by atoms with E-state index in [1.807, 2.05) is 0 Å². The molecule has 0 spiro atoms. The Morgan fingerprint density at radius 1 is 1.33 bits per heavy atom. The number of carboxylic acids is 1. The van der Waals surface area contributed by atoms with Crippen molar-refractivity contribution in [3.05, 3.63) is 41.7 Å². The second kappa shape index (κ2) is 6.12. The van der Waals surface area contributed by atoms with Crippen molar-refractivity contribution >= 4 is 11.9 Å². The van der Waals surface area contributed by atoms with Gasteiger partial charge in [0.15, 0.2) is 0 Å². The first-order chi connectivity index (χ1) is 9.97. The topological polar surface area (TPSA) is 97.1 Å². The molecule has 1 aromatic carbocycles. The number of aromatic nitrogens is 3. The van der Waals surface area contributed by atoms with Gasteiger partial charge in [-0.05, 0) is 31.2 Å². The van der Waals surface area contributed by atoms with Crippen LogP contribution in [-0.4, -0.2) is 38.3 Å². The quantitative estimate of drug-likeness (QED) is 0.854. The van der Waals surface area contributed by atoms with Crippen LogP contribution in [0.25, 0.3) is 5.69 Å². The summed E-state index contributed by atoms with van der Waals surface area (Å²) >= 11 is 0. The fraction of sp³-hybridized carbons (Fsp3) is 0.231. The highest BCUT2D eigenvalue weighted by Crippen LogP contribution is 2.10. The van der Waals surface area contributed by atoms with E-state index in [4.69, 9.17) is 5.11 Å². The number of rotatable bonds is 5. The number of benzene rings is 1. The second-order valence-electron chi connectivity index (χ2n) is 4.27. The van der Waals surface area contributed by atoms with Crippen molar-refractivity contribution < 1.29 is 19.1 Å². The maximum Gasteiger partial charge on any atom is 0.305 e. The van der Waals surface area contributed by atoms with E-state index in [2.05, 4.69) is 15.4 Å². The SMILES string of the molecule is Cc1nc(C(=O)NCCC(=O)O)nn1-c1ccc(F)cc1. The summed E-state index contributed by atoms with van der Waals surface area (Å²) in [5.41, 5.74) is 0.575. The predicted molar refractivity (Wildman–Crippen MR) is 70.6 cm³/mol. The van der Waals surface area contributed by atoms with E-state index in [0.717, 1.165) is 0 Å². The Morgan fingerprint density at radius 3 is 2.62 bits per heavy atom. The average Bonchev–Trinajstić information content (AvgIpc) is 2.81. The molecule has 0 aliphatic heterocycles. The third-order valence-electron chi connectivity index (χ3n) is 2.67. The molecule has 0 aliphatic carbocycles. The van der Waals surface area contributed by atoms with Crippen LogP contribution < -0.4 is 5.32 Å². The maximum absolute atomic E-state index is 12.9. The monoisotopic (exact) mass is 292 g/mol. The number of hydrogen-bond acceptors (Lipinski definition) is 4. The lowest BCUT2D eigenvalue weighted by Crippen LogP contribution is -2.27. The summed E-state index contributed by atoms with van der Waals surface area (Å²) in [4.78, 5) is 26.2. The Balaban J connectivity index is 2.13. The average molecular weight is 292 g/mol. The van der Waals surface area contributed by atoms with Gasteiger partial charge < -0.3 is 10.4 Å². The van der Waals surface area contributed by atoms with Crippen LogP contribution >= 0.6 is 0 Å². The molecule has 21 heavy (non-hydrogen) atoms. The van der Waals surface area contributed by atoms with Crippen LogP contribution in [0, 0.1) is 12.7 Å². The number of carboxylic acid groups (broad SMARTS) is 1. The fourth-order valence-electron chi connectivity index (χ4n) is 1.68. The summed E-state index contributed by atoms with van der Waals surface area (Å²) in [5, 5.41) is 14.9. The highest BCUT2D eigenvalue weighted by Gasteiger charge is 2.15. The van der Waals surface area contributed by atoms with Gasteiger partial charge in [0.1, 0.15) is 11.6 Å².